The molecule has 1 heterocycles. The predicted molar refractivity (Wildman–Crippen MR) is 53.2 cm³/mol. The van der Waals surface area contributed by atoms with Crippen molar-refractivity contribution >= 4 is 6.72 Å². The fourth-order valence-corrected chi connectivity index (χ4v) is 1.12. The quantitative estimate of drug-likeness (QED) is 0.608. The average molecular weight is 180 g/mol. The third-order valence-electron chi connectivity index (χ3n) is 1.87. The molecule has 0 aromatic rings. The number of rotatable bonds is 3. The minimum Gasteiger partial charge on any atom is -0.365 e. The van der Waals surface area contributed by atoms with Crippen LogP contribution in [-0.4, -0.2) is 24.2 Å². The first-order valence-corrected chi connectivity index (χ1v) is 4.16. The molecule has 0 aliphatic carbocycles. The Hall–Kier alpha value is -1.38. The minimum atomic E-state index is -0.210. The molecule has 2 nitrogen and oxygen atoms in total. The van der Waals surface area contributed by atoms with Crippen LogP contribution in [0.3, 0.4) is 0 Å². The van der Waals surface area contributed by atoms with Gasteiger partial charge in [0.15, 0.2) is 0 Å². The van der Waals surface area contributed by atoms with Gasteiger partial charge in [0.1, 0.15) is 5.83 Å². The van der Waals surface area contributed by atoms with E-state index in [1.165, 1.54) is 12.3 Å². The van der Waals surface area contributed by atoms with Crippen molar-refractivity contribution in [2.75, 3.05) is 6.54 Å². The van der Waals surface area contributed by atoms with E-state index in [-0.39, 0.29) is 11.9 Å². The standard InChI is InChI=1S/C10H13FN2/c1-9-4-5-10(11)8-13(9)7-3-6-12-2/h3-6,8-9H,2,7H2,1H3. The van der Waals surface area contributed by atoms with E-state index in [0.717, 1.165) is 0 Å². The topological polar surface area (TPSA) is 15.6 Å². The van der Waals surface area contributed by atoms with Crippen LogP contribution >= 0.6 is 0 Å². The SMILES string of the molecule is C=NC=CCN1C=C(F)C=CC1C. The predicted octanol–water partition coefficient (Wildman–Crippen LogP) is 2.27. The Labute approximate surface area is 77.8 Å². The fraction of sp³-hybridized carbons (Fsp3) is 0.300. The monoisotopic (exact) mass is 180 g/mol. The number of nitrogens with zero attached hydrogens (tertiary/aromatic N) is 2. The van der Waals surface area contributed by atoms with Crippen LogP contribution in [0.25, 0.3) is 0 Å². The summed E-state index contributed by atoms with van der Waals surface area (Å²) in [6.07, 6.45) is 8.25. The summed E-state index contributed by atoms with van der Waals surface area (Å²) in [7, 11) is 0. The van der Waals surface area contributed by atoms with E-state index >= 15 is 0 Å². The van der Waals surface area contributed by atoms with Gasteiger partial charge in [-0.1, -0.05) is 6.08 Å². The van der Waals surface area contributed by atoms with Crippen LogP contribution in [0.2, 0.25) is 0 Å². The van der Waals surface area contributed by atoms with Crippen molar-refractivity contribution in [2.24, 2.45) is 4.99 Å². The van der Waals surface area contributed by atoms with Gasteiger partial charge in [-0.05, 0) is 25.8 Å². The van der Waals surface area contributed by atoms with Gasteiger partial charge >= 0.3 is 0 Å². The van der Waals surface area contributed by atoms with Crippen molar-refractivity contribution in [2.45, 2.75) is 13.0 Å². The van der Waals surface area contributed by atoms with Gasteiger partial charge in [-0.3, -0.25) is 4.99 Å². The molecular formula is C10H13FN2. The fourth-order valence-electron chi connectivity index (χ4n) is 1.12. The molecule has 0 amide bonds. The largest absolute Gasteiger partial charge is 0.365 e. The molecule has 0 saturated carbocycles. The maximum Gasteiger partial charge on any atom is 0.138 e. The number of hydrogen-bond donors (Lipinski definition) is 0. The van der Waals surface area contributed by atoms with Crippen LogP contribution in [-0.2, 0) is 0 Å². The molecule has 0 aromatic heterocycles. The van der Waals surface area contributed by atoms with E-state index < -0.39 is 0 Å². The Morgan fingerprint density at radius 3 is 3.23 bits per heavy atom. The maximum atomic E-state index is 12.8. The number of hydrogen-bond acceptors (Lipinski definition) is 2. The second kappa shape index (κ2) is 4.60. The zero-order valence-corrected chi connectivity index (χ0v) is 7.65. The molecule has 1 rings (SSSR count). The summed E-state index contributed by atoms with van der Waals surface area (Å²) in [5.74, 6) is -0.210. The third kappa shape index (κ3) is 2.86. The molecule has 0 saturated heterocycles. The van der Waals surface area contributed by atoms with E-state index in [9.17, 15) is 4.39 Å². The second-order valence-corrected chi connectivity index (χ2v) is 2.88. The van der Waals surface area contributed by atoms with Crippen molar-refractivity contribution in [1.29, 1.82) is 0 Å². The molecule has 0 aromatic carbocycles. The van der Waals surface area contributed by atoms with Crippen LogP contribution in [0.5, 0.6) is 0 Å². The third-order valence-corrected chi connectivity index (χ3v) is 1.87. The van der Waals surface area contributed by atoms with Gasteiger partial charge in [-0.2, -0.15) is 0 Å². The summed E-state index contributed by atoms with van der Waals surface area (Å²) in [5, 5.41) is 0. The van der Waals surface area contributed by atoms with Crippen molar-refractivity contribution < 1.29 is 4.39 Å². The molecule has 1 aliphatic rings. The highest BCUT2D eigenvalue weighted by molar-refractivity contribution is 5.25. The van der Waals surface area contributed by atoms with E-state index in [0.29, 0.717) is 6.54 Å². The van der Waals surface area contributed by atoms with Crippen molar-refractivity contribution in [3.8, 4) is 0 Å². The Balaban J connectivity index is 2.54. The van der Waals surface area contributed by atoms with Crippen LogP contribution in [0.1, 0.15) is 6.92 Å². The lowest BCUT2D eigenvalue weighted by Gasteiger charge is -2.26. The highest BCUT2D eigenvalue weighted by Crippen LogP contribution is 2.13. The molecule has 13 heavy (non-hydrogen) atoms. The van der Waals surface area contributed by atoms with Gasteiger partial charge in [0.05, 0.1) is 0 Å². The van der Waals surface area contributed by atoms with Gasteiger partial charge in [0.2, 0.25) is 0 Å². The molecule has 0 N–H and O–H groups in total. The molecule has 1 aliphatic heterocycles. The van der Waals surface area contributed by atoms with Gasteiger partial charge in [0, 0.05) is 25.0 Å². The van der Waals surface area contributed by atoms with E-state index in [1.807, 2.05) is 24.0 Å². The second-order valence-electron chi connectivity index (χ2n) is 2.88. The summed E-state index contributed by atoms with van der Waals surface area (Å²) in [6.45, 7) is 5.98. The first-order chi connectivity index (χ1) is 6.24. The van der Waals surface area contributed by atoms with Crippen LogP contribution < -0.4 is 0 Å². The zero-order chi connectivity index (χ0) is 9.68. The summed E-state index contributed by atoms with van der Waals surface area (Å²) < 4.78 is 12.8. The lowest BCUT2D eigenvalue weighted by Crippen LogP contribution is -2.28. The molecule has 0 spiro atoms. The van der Waals surface area contributed by atoms with Crippen molar-refractivity contribution in [3.05, 3.63) is 36.5 Å². The highest BCUT2D eigenvalue weighted by atomic mass is 19.1. The van der Waals surface area contributed by atoms with Gasteiger partial charge in [-0.25, -0.2) is 4.39 Å². The Kier molecular flexibility index (Phi) is 3.43. The molecule has 1 unspecified atom stereocenters. The average Bonchev–Trinajstić information content (AvgIpc) is 2.11. The molecule has 0 fully saturated rings. The zero-order valence-electron chi connectivity index (χ0n) is 7.65. The maximum absolute atomic E-state index is 12.8. The normalized spacial score (nSPS) is 22.2. The molecule has 1 atom stereocenters. The first-order valence-electron chi connectivity index (χ1n) is 4.16. The molecule has 0 radical (unpaired) electrons. The van der Waals surface area contributed by atoms with E-state index in [1.54, 1.807) is 6.20 Å². The van der Waals surface area contributed by atoms with Gasteiger partial charge in [-0.15, -0.1) is 0 Å². The van der Waals surface area contributed by atoms with E-state index in [2.05, 4.69) is 11.7 Å². The molecule has 70 valence electrons. The Morgan fingerprint density at radius 2 is 2.54 bits per heavy atom. The van der Waals surface area contributed by atoms with Gasteiger partial charge < -0.3 is 4.90 Å². The van der Waals surface area contributed by atoms with E-state index in [4.69, 9.17) is 0 Å². The smallest absolute Gasteiger partial charge is 0.138 e. The molecule has 0 bridgehead atoms. The lowest BCUT2D eigenvalue weighted by atomic mass is 10.2. The number of aliphatic imine (C=N–C) groups is 1. The molecule has 3 heteroatoms. The van der Waals surface area contributed by atoms with Crippen LogP contribution in [0.4, 0.5) is 4.39 Å². The van der Waals surface area contributed by atoms with Crippen LogP contribution in [0, 0.1) is 0 Å². The minimum absolute atomic E-state index is 0.210. The number of allylic oxidation sites excluding steroid dienone is 2. The summed E-state index contributed by atoms with van der Waals surface area (Å²) in [4.78, 5) is 5.46. The lowest BCUT2D eigenvalue weighted by molar-refractivity contribution is 0.353. The Bertz CT molecular complexity index is 266. The Morgan fingerprint density at radius 1 is 1.77 bits per heavy atom. The number of halogens is 1. The highest BCUT2D eigenvalue weighted by Gasteiger charge is 2.10. The summed E-state index contributed by atoms with van der Waals surface area (Å²) in [5.41, 5.74) is 0. The summed E-state index contributed by atoms with van der Waals surface area (Å²) in [6, 6.07) is 0.231. The molecular weight excluding hydrogens is 167 g/mol. The van der Waals surface area contributed by atoms with Crippen molar-refractivity contribution in [3.63, 3.8) is 0 Å². The van der Waals surface area contributed by atoms with Crippen LogP contribution in [0.15, 0.2) is 41.4 Å². The van der Waals surface area contributed by atoms with Crippen molar-refractivity contribution in [1.82, 2.24) is 4.90 Å². The first kappa shape index (κ1) is 9.71. The summed E-state index contributed by atoms with van der Waals surface area (Å²) >= 11 is 0. The van der Waals surface area contributed by atoms with Gasteiger partial charge in [0.25, 0.3) is 0 Å².